The number of carbonyl (C=O) groups is 3. The summed E-state index contributed by atoms with van der Waals surface area (Å²) in [6.45, 7) is 10.6. The van der Waals surface area contributed by atoms with E-state index >= 15 is 0 Å². The molecule has 3 unspecified atom stereocenters. The minimum Gasteiger partial charge on any atom is -0.507 e. The molecule has 53 heavy (non-hydrogen) atoms. The van der Waals surface area contributed by atoms with Gasteiger partial charge in [-0.15, -0.1) is 0 Å². The Balaban J connectivity index is 1.77. The quantitative estimate of drug-likeness (QED) is 0.0871. The van der Waals surface area contributed by atoms with Gasteiger partial charge in [0.1, 0.15) is 34.5 Å². The molecule has 15 heteroatoms. The van der Waals surface area contributed by atoms with E-state index in [9.17, 15) is 29.7 Å². The number of carbonyl (C=O) groups excluding carboxylic acids is 3. The lowest BCUT2D eigenvalue weighted by Gasteiger charge is -2.17. The van der Waals surface area contributed by atoms with Gasteiger partial charge in [0.25, 0.3) is 0 Å². The smallest absolute Gasteiger partial charge is 0.347 e. The molecule has 4 rings (SSSR count). The second-order valence-corrected chi connectivity index (χ2v) is 11.4. The molecule has 0 fully saturated rings. The van der Waals surface area contributed by atoms with Crippen LogP contribution in [0.15, 0.2) is 54.6 Å². The predicted molar refractivity (Wildman–Crippen MR) is 191 cm³/mol. The Morgan fingerprint density at radius 1 is 0.528 bits per heavy atom. The molecule has 0 aliphatic carbocycles. The number of aromatic hydroxyl groups is 3. The van der Waals surface area contributed by atoms with Crippen molar-refractivity contribution in [2.75, 3.05) is 19.8 Å². The van der Waals surface area contributed by atoms with Crippen LogP contribution in [0.25, 0.3) is 34.2 Å². The van der Waals surface area contributed by atoms with E-state index in [2.05, 4.69) is 15.0 Å². The van der Waals surface area contributed by atoms with Crippen molar-refractivity contribution in [1.29, 1.82) is 0 Å². The second kappa shape index (κ2) is 18.4. The van der Waals surface area contributed by atoms with E-state index in [0.717, 1.165) is 0 Å². The molecule has 0 amide bonds. The maximum Gasteiger partial charge on any atom is 0.347 e. The van der Waals surface area contributed by atoms with Crippen LogP contribution < -0.4 is 14.2 Å². The van der Waals surface area contributed by atoms with Crippen LogP contribution in [0.2, 0.25) is 0 Å². The number of aromatic nitrogens is 3. The monoisotopic (exact) mass is 733 g/mol. The van der Waals surface area contributed by atoms with Gasteiger partial charge in [0.05, 0.1) is 36.5 Å². The number of esters is 3. The summed E-state index contributed by atoms with van der Waals surface area (Å²) in [6, 6.07) is 12.9. The van der Waals surface area contributed by atoms with Gasteiger partial charge < -0.3 is 43.7 Å². The summed E-state index contributed by atoms with van der Waals surface area (Å²) in [7, 11) is 0. The summed E-state index contributed by atoms with van der Waals surface area (Å²) in [4.78, 5) is 50.3. The maximum absolute atomic E-state index is 12.3. The average Bonchev–Trinajstić information content (AvgIpc) is 3.13. The van der Waals surface area contributed by atoms with Crippen LogP contribution in [0, 0.1) is 0 Å². The molecule has 15 nitrogen and oxygen atoms in total. The third kappa shape index (κ3) is 10.0. The van der Waals surface area contributed by atoms with Gasteiger partial charge >= 0.3 is 17.9 Å². The summed E-state index contributed by atoms with van der Waals surface area (Å²) >= 11 is 0. The number of ether oxygens (including phenoxy) is 6. The molecule has 0 aliphatic rings. The van der Waals surface area contributed by atoms with Crippen molar-refractivity contribution in [2.45, 2.75) is 72.7 Å². The second-order valence-electron chi connectivity index (χ2n) is 11.4. The van der Waals surface area contributed by atoms with E-state index in [-0.39, 0.29) is 88.5 Å². The molecule has 0 aliphatic heterocycles. The molecule has 1 aromatic heterocycles. The first kappa shape index (κ1) is 39.7. The third-order valence-corrected chi connectivity index (χ3v) is 7.59. The predicted octanol–water partition coefficient (Wildman–Crippen LogP) is 5.76. The van der Waals surface area contributed by atoms with E-state index in [1.807, 2.05) is 0 Å². The summed E-state index contributed by atoms with van der Waals surface area (Å²) in [6.07, 6.45) is -2.09. The number of hydrogen-bond donors (Lipinski definition) is 3. The zero-order valence-electron chi connectivity index (χ0n) is 30.3. The largest absolute Gasteiger partial charge is 0.507 e. The highest BCUT2D eigenvalue weighted by atomic mass is 16.6. The molecule has 3 N–H and O–H groups in total. The van der Waals surface area contributed by atoms with Crippen LogP contribution in [0.1, 0.15) is 54.4 Å². The number of nitrogens with zero attached hydrogens (tertiary/aromatic N) is 3. The van der Waals surface area contributed by atoms with Gasteiger partial charge in [0, 0.05) is 18.2 Å². The van der Waals surface area contributed by atoms with Crippen molar-refractivity contribution >= 4 is 17.9 Å². The zero-order valence-corrected chi connectivity index (χ0v) is 30.3. The molecule has 0 saturated heterocycles. The van der Waals surface area contributed by atoms with Gasteiger partial charge in [-0.25, -0.2) is 29.3 Å². The Morgan fingerprint density at radius 3 is 1.15 bits per heavy atom. The first-order valence-electron chi connectivity index (χ1n) is 17.2. The molecule has 282 valence electrons. The number of benzene rings is 3. The van der Waals surface area contributed by atoms with E-state index in [1.165, 1.54) is 61.5 Å². The van der Waals surface area contributed by atoms with Crippen molar-refractivity contribution in [3.63, 3.8) is 0 Å². The summed E-state index contributed by atoms with van der Waals surface area (Å²) in [5.41, 5.74) is 0.396. The molecule has 0 saturated carbocycles. The molecule has 3 atom stereocenters. The Kier molecular flexibility index (Phi) is 13.8. The lowest BCUT2D eigenvalue weighted by Crippen LogP contribution is -2.28. The molecule has 1 heterocycles. The van der Waals surface area contributed by atoms with Crippen LogP contribution in [0.4, 0.5) is 0 Å². The van der Waals surface area contributed by atoms with Crippen LogP contribution in [0.5, 0.6) is 34.5 Å². The van der Waals surface area contributed by atoms with Gasteiger partial charge in [-0.2, -0.15) is 0 Å². The molecular formula is C38H43N3O12. The van der Waals surface area contributed by atoms with Gasteiger partial charge in [0.15, 0.2) is 35.8 Å². The zero-order chi connectivity index (χ0) is 38.7. The van der Waals surface area contributed by atoms with E-state index < -0.39 is 36.2 Å². The lowest BCUT2D eigenvalue weighted by molar-refractivity contribution is -0.152. The highest BCUT2D eigenvalue weighted by Crippen LogP contribution is 2.38. The van der Waals surface area contributed by atoms with Crippen LogP contribution in [-0.4, -0.2) is 86.3 Å². The standard InChI is InChI=1S/C38H43N3O12/c1-7-31(37(46)49-10-4)52-23-13-16-26(29(43)19-23)34-39-33(25-15-12-22(18-28(25)42)51-21(6)36(45)48-9-3)40-35(41-34)27-17-14-24(20-30(27)44)53-32(8-2)38(47)50-11-5/h12-21,31-32,42-44H,7-11H2,1-6H3. The fraction of sp³-hybridized carbons (Fsp3) is 0.368. The Hall–Kier alpha value is -6.12. The van der Waals surface area contributed by atoms with Gasteiger partial charge in [-0.1, -0.05) is 13.8 Å². The molecule has 4 aromatic rings. The molecule has 3 aromatic carbocycles. The number of phenols is 3. The number of phenolic OH excluding ortho intramolecular Hbond substituents is 3. The van der Waals surface area contributed by atoms with E-state index in [0.29, 0.717) is 12.8 Å². The van der Waals surface area contributed by atoms with Crippen LogP contribution >= 0.6 is 0 Å². The third-order valence-electron chi connectivity index (χ3n) is 7.59. The molecular weight excluding hydrogens is 690 g/mol. The van der Waals surface area contributed by atoms with Gasteiger partial charge in [-0.3, -0.25) is 0 Å². The van der Waals surface area contributed by atoms with Crippen LogP contribution in [-0.2, 0) is 28.6 Å². The lowest BCUT2D eigenvalue weighted by atomic mass is 10.1. The first-order chi connectivity index (χ1) is 25.4. The normalized spacial score (nSPS) is 12.6. The Bertz CT molecular complexity index is 1820. The molecule has 0 radical (unpaired) electrons. The Labute approximate surface area is 306 Å². The summed E-state index contributed by atoms with van der Waals surface area (Å²) < 4.78 is 32.3. The van der Waals surface area contributed by atoms with Crippen molar-refractivity contribution in [3.05, 3.63) is 54.6 Å². The fourth-order valence-corrected chi connectivity index (χ4v) is 4.97. The van der Waals surface area contributed by atoms with Crippen molar-refractivity contribution in [3.8, 4) is 68.7 Å². The molecule has 0 bridgehead atoms. The van der Waals surface area contributed by atoms with Crippen molar-refractivity contribution in [1.82, 2.24) is 15.0 Å². The van der Waals surface area contributed by atoms with Gasteiger partial charge in [-0.05, 0) is 76.9 Å². The number of hydrogen-bond acceptors (Lipinski definition) is 15. The minimum absolute atomic E-state index is 0.0461. The average molecular weight is 734 g/mol. The molecule has 0 spiro atoms. The minimum atomic E-state index is -0.949. The van der Waals surface area contributed by atoms with E-state index in [1.54, 1.807) is 34.6 Å². The fourth-order valence-electron chi connectivity index (χ4n) is 4.97. The Morgan fingerprint density at radius 2 is 0.849 bits per heavy atom. The van der Waals surface area contributed by atoms with Crippen molar-refractivity contribution in [2.24, 2.45) is 0 Å². The van der Waals surface area contributed by atoms with Crippen LogP contribution in [0.3, 0.4) is 0 Å². The topological polar surface area (TPSA) is 206 Å². The highest BCUT2D eigenvalue weighted by Gasteiger charge is 2.24. The highest BCUT2D eigenvalue weighted by molar-refractivity contribution is 5.77. The number of rotatable bonds is 17. The SMILES string of the molecule is CCOC(=O)C(C)Oc1ccc(-c2nc(-c3ccc(OC(CC)C(=O)OCC)cc3O)nc(-c3ccc(OC(CC)C(=O)OCC)cc3O)n2)c(O)c1. The van der Waals surface area contributed by atoms with E-state index in [4.69, 9.17) is 28.4 Å². The first-order valence-corrected chi connectivity index (χ1v) is 17.2. The van der Waals surface area contributed by atoms with Gasteiger partial charge in [0.2, 0.25) is 0 Å². The van der Waals surface area contributed by atoms with Crippen molar-refractivity contribution < 1.29 is 58.1 Å². The summed E-state index contributed by atoms with van der Waals surface area (Å²) in [5, 5.41) is 33.3. The maximum atomic E-state index is 12.3. The summed E-state index contributed by atoms with van der Waals surface area (Å²) in [5.74, 6) is -2.17.